The molecule has 3 rings (SSSR count). The van der Waals surface area contributed by atoms with Crippen LogP contribution in [0, 0.1) is 5.92 Å². The molecule has 2 heterocycles. The van der Waals surface area contributed by atoms with Gasteiger partial charge in [-0.25, -0.2) is 4.68 Å². The van der Waals surface area contributed by atoms with Crippen LogP contribution in [0.4, 0.5) is 13.2 Å². The van der Waals surface area contributed by atoms with Crippen LogP contribution in [-0.4, -0.2) is 46.8 Å². The fraction of sp³-hybridized carbons (Fsp3) is 0.524. The van der Waals surface area contributed by atoms with Crippen LogP contribution in [0.15, 0.2) is 30.5 Å². The van der Waals surface area contributed by atoms with Crippen molar-refractivity contribution in [2.75, 3.05) is 26.2 Å². The summed E-state index contributed by atoms with van der Waals surface area (Å²) in [6, 6.07) is 5.80. The van der Waals surface area contributed by atoms with Crippen LogP contribution in [0.3, 0.4) is 0 Å². The molecule has 1 aromatic heterocycles. The molecule has 1 fully saturated rings. The van der Waals surface area contributed by atoms with Crippen LogP contribution in [-0.2, 0) is 6.18 Å². The fourth-order valence-electron chi connectivity index (χ4n) is 3.81. The van der Waals surface area contributed by atoms with Crippen molar-refractivity contribution >= 4 is 17.5 Å². The molecule has 164 valence electrons. The van der Waals surface area contributed by atoms with Crippen molar-refractivity contribution in [2.24, 2.45) is 5.92 Å². The Kier molecular flexibility index (Phi) is 7.41. The second-order valence-corrected chi connectivity index (χ2v) is 8.24. The molecule has 9 heteroatoms. The maximum absolute atomic E-state index is 13.7. The Morgan fingerprint density at radius 2 is 2.00 bits per heavy atom. The number of carbonyl (C=O) groups is 1. The number of unbranched alkanes of at least 4 members (excludes halogenated alkanes) is 1. The van der Waals surface area contributed by atoms with Gasteiger partial charge in [-0.1, -0.05) is 18.5 Å². The first-order valence-corrected chi connectivity index (χ1v) is 10.5. The van der Waals surface area contributed by atoms with Crippen molar-refractivity contribution in [1.82, 2.24) is 20.0 Å². The summed E-state index contributed by atoms with van der Waals surface area (Å²) in [7, 11) is 0. The Morgan fingerprint density at radius 1 is 1.27 bits per heavy atom. The largest absolute Gasteiger partial charge is 0.434 e. The molecule has 1 aromatic carbocycles. The zero-order valence-electron chi connectivity index (χ0n) is 16.9. The first-order valence-electron chi connectivity index (χ1n) is 10.2. The number of nitrogens with one attached hydrogen (secondary N) is 1. The van der Waals surface area contributed by atoms with Crippen molar-refractivity contribution in [3.05, 3.63) is 46.7 Å². The Balaban J connectivity index is 1.59. The predicted octanol–water partition coefficient (Wildman–Crippen LogP) is 4.79. The van der Waals surface area contributed by atoms with Gasteiger partial charge in [0.1, 0.15) is 0 Å². The van der Waals surface area contributed by atoms with E-state index in [9.17, 15) is 18.0 Å². The van der Waals surface area contributed by atoms with E-state index in [0.717, 1.165) is 36.9 Å². The van der Waals surface area contributed by atoms with E-state index in [0.29, 0.717) is 23.9 Å². The van der Waals surface area contributed by atoms with Gasteiger partial charge in [-0.3, -0.25) is 4.79 Å². The highest BCUT2D eigenvalue weighted by Crippen LogP contribution is 2.33. The van der Waals surface area contributed by atoms with Gasteiger partial charge in [0.05, 0.1) is 17.4 Å². The second-order valence-electron chi connectivity index (χ2n) is 7.80. The summed E-state index contributed by atoms with van der Waals surface area (Å²) in [5, 5.41) is 6.80. The highest BCUT2D eigenvalue weighted by molar-refractivity contribution is 6.30. The number of hydrogen-bond acceptors (Lipinski definition) is 3. The first kappa shape index (κ1) is 22.6. The minimum atomic E-state index is -4.73. The number of rotatable bonds is 7. The van der Waals surface area contributed by atoms with E-state index >= 15 is 0 Å². The molecule has 0 unspecified atom stereocenters. The number of carbonyl (C=O) groups excluding carboxylic acids is 1. The van der Waals surface area contributed by atoms with E-state index < -0.39 is 23.3 Å². The summed E-state index contributed by atoms with van der Waals surface area (Å²) < 4.78 is 41.8. The lowest BCUT2D eigenvalue weighted by Crippen LogP contribution is -2.35. The molecule has 1 aliphatic heterocycles. The van der Waals surface area contributed by atoms with Crippen molar-refractivity contribution < 1.29 is 18.0 Å². The maximum Gasteiger partial charge on any atom is 0.434 e. The molecular weight excluding hydrogens is 417 g/mol. The van der Waals surface area contributed by atoms with Gasteiger partial charge in [0.2, 0.25) is 0 Å². The van der Waals surface area contributed by atoms with E-state index in [2.05, 4.69) is 22.2 Å². The second kappa shape index (κ2) is 9.83. The molecule has 0 spiro atoms. The fourth-order valence-corrected chi connectivity index (χ4v) is 3.94. The summed E-state index contributed by atoms with van der Waals surface area (Å²) in [6.45, 7) is 5.70. The molecule has 1 atom stereocenters. The average molecular weight is 443 g/mol. The molecule has 5 nitrogen and oxygen atoms in total. The highest BCUT2D eigenvalue weighted by atomic mass is 35.5. The molecule has 0 radical (unpaired) electrons. The summed E-state index contributed by atoms with van der Waals surface area (Å²) in [6.07, 6.45) is 0.301. The van der Waals surface area contributed by atoms with Gasteiger partial charge in [-0.2, -0.15) is 18.3 Å². The molecule has 1 N–H and O–H groups in total. The third-order valence-electron chi connectivity index (χ3n) is 5.28. The summed E-state index contributed by atoms with van der Waals surface area (Å²) in [5.74, 6) is -0.0643. The van der Waals surface area contributed by atoms with Crippen LogP contribution in [0.25, 0.3) is 5.69 Å². The lowest BCUT2D eigenvalue weighted by molar-refractivity contribution is -0.143. The molecule has 1 aliphatic rings. The lowest BCUT2D eigenvalue weighted by Gasteiger charge is -2.30. The highest BCUT2D eigenvalue weighted by Gasteiger charge is 2.40. The van der Waals surface area contributed by atoms with Crippen molar-refractivity contribution in [3.63, 3.8) is 0 Å². The van der Waals surface area contributed by atoms with Crippen molar-refractivity contribution in [1.29, 1.82) is 0 Å². The van der Waals surface area contributed by atoms with E-state index in [-0.39, 0.29) is 5.69 Å². The third-order valence-corrected chi connectivity index (χ3v) is 5.53. The Bertz CT molecular complexity index is 851. The number of nitrogens with zero attached hydrogens (tertiary/aromatic N) is 3. The number of hydrogen-bond donors (Lipinski definition) is 1. The number of likely N-dealkylation sites (tertiary alicyclic amines) is 1. The molecular formula is C21H26ClF3N4O. The predicted molar refractivity (Wildman–Crippen MR) is 110 cm³/mol. The van der Waals surface area contributed by atoms with Crippen molar-refractivity contribution in [2.45, 2.75) is 38.8 Å². The summed E-state index contributed by atoms with van der Waals surface area (Å²) in [5.41, 5.74) is -1.39. The van der Waals surface area contributed by atoms with E-state index in [1.807, 2.05) is 0 Å². The minimum Gasteiger partial charge on any atom is -0.352 e. The molecule has 0 bridgehead atoms. The number of alkyl halides is 3. The van der Waals surface area contributed by atoms with Gasteiger partial charge >= 0.3 is 6.18 Å². The Hall–Kier alpha value is -2.06. The third kappa shape index (κ3) is 5.76. The topological polar surface area (TPSA) is 50.2 Å². The zero-order valence-corrected chi connectivity index (χ0v) is 17.6. The number of piperidine rings is 1. The van der Waals surface area contributed by atoms with Crippen LogP contribution in [0.1, 0.15) is 48.7 Å². The monoisotopic (exact) mass is 442 g/mol. The van der Waals surface area contributed by atoms with Crippen LogP contribution in [0.5, 0.6) is 0 Å². The Labute approximate surface area is 179 Å². The summed E-state index contributed by atoms with van der Waals surface area (Å²) in [4.78, 5) is 14.8. The average Bonchev–Trinajstić information content (AvgIpc) is 3.14. The maximum atomic E-state index is 13.7. The zero-order chi connectivity index (χ0) is 21.7. The number of aromatic nitrogens is 2. The first-order chi connectivity index (χ1) is 14.3. The van der Waals surface area contributed by atoms with Crippen molar-refractivity contribution in [3.8, 4) is 5.69 Å². The van der Waals surface area contributed by atoms with Crippen LogP contribution >= 0.6 is 11.6 Å². The van der Waals surface area contributed by atoms with E-state index in [4.69, 9.17) is 11.6 Å². The molecule has 1 amide bonds. The Morgan fingerprint density at radius 3 is 2.67 bits per heavy atom. The number of benzene rings is 1. The van der Waals surface area contributed by atoms with E-state index in [1.165, 1.54) is 37.1 Å². The normalized spacial score (nSPS) is 17.8. The smallest absolute Gasteiger partial charge is 0.352 e. The number of halogens is 4. The quantitative estimate of drug-likeness (QED) is 0.627. The van der Waals surface area contributed by atoms with Gasteiger partial charge < -0.3 is 10.2 Å². The molecule has 2 aromatic rings. The van der Waals surface area contributed by atoms with Gasteiger partial charge in [-0.15, -0.1) is 0 Å². The molecule has 30 heavy (non-hydrogen) atoms. The van der Waals surface area contributed by atoms with Gasteiger partial charge in [0, 0.05) is 18.1 Å². The molecule has 1 saturated heterocycles. The molecule has 0 saturated carbocycles. The van der Waals surface area contributed by atoms with Crippen LogP contribution < -0.4 is 5.32 Å². The van der Waals surface area contributed by atoms with Crippen LogP contribution in [0.2, 0.25) is 5.02 Å². The SMILES string of the molecule is C[C@H]1CCCN(CCCCNC(=O)c2cnn(-c3ccc(Cl)cc3)c2C(F)(F)F)C1. The summed E-state index contributed by atoms with van der Waals surface area (Å²) >= 11 is 5.80. The molecule has 0 aliphatic carbocycles. The van der Waals surface area contributed by atoms with E-state index in [1.54, 1.807) is 0 Å². The standard InChI is InChI=1S/C21H26ClF3N4O/c1-15-5-4-12-28(14-15)11-3-2-10-26-20(30)18-13-27-29(19(18)21(23,24)25)17-8-6-16(22)7-9-17/h6-9,13,15H,2-5,10-12,14H2,1H3,(H,26,30)/t15-/m0/s1. The minimum absolute atomic E-state index is 0.182. The van der Waals surface area contributed by atoms with Gasteiger partial charge in [-0.05, 0) is 69.0 Å². The number of amides is 1. The van der Waals surface area contributed by atoms with Gasteiger partial charge in [0.25, 0.3) is 5.91 Å². The lowest BCUT2D eigenvalue weighted by atomic mass is 10.0. The van der Waals surface area contributed by atoms with Gasteiger partial charge in [0.15, 0.2) is 5.69 Å².